The molecule has 2 rings (SSSR count). The molecule has 1 saturated carbocycles. The fourth-order valence-electron chi connectivity index (χ4n) is 1.76. The van der Waals surface area contributed by atoms with Gasteiger partial charge in [-0.1, -0.05) is 22.4 Å². The zero-order valence-electron chi connectivity index (χ0n) is 9.74. The van der Waals surface area contributed by atoms with Crippen LogP contribution in [0, 0.1) is 5.92 Å². The van der Waals surface area contributed by atoms with Crippen LogP contribution < -0.4 is 9.47 Å². The smallest absolute Gasteiger partial charge is 0.173 e. The summed E-state index contributed by atoms with van der Waals surface area (Å²) in [4.78, 5) is 11.7. The van der Waals surface area contributed by atoms with Crippen LogP contribution in [0.1, 0.15) is 19.3 Å². The van der Waals surface area contributed by atoms with Gasteiger partial charge in [0.1, 0.15) is 6.61 Å². The van der Waals surface area contributed by atoms with Crippen molar-refractivity contribution in [3.8, 4) is 11.5 Å². The van der Waals surface area contributed by atoms with E-state index in [0.29, 0.717) is 11.5 Å². The van der Waals surface area contributed by atoms with Crippen molar-refractivity contribution in [3.63, 3.8) is 0 Å². The van der Waals surface area contributed by atoms with E-state index >= 15 is 0 Å². The zero-order valence-corrected chi connectivity index (χ0v) is 11.3. The summed E-state index contributed by atoms with van der Waals surface area (Å²) >= 11 is 3.36. The minimum absolute atomic E-state index is 0.142. The average molecular weight is 299 g/mol. The van der Waals surface area contributed by atoms with E-state index in [1.165, 1.54) is 0 Å². The van der Waals surface area contributed by atoms with Crippen LogP contribution in [0.2, 0.25) is 0 Å². The third-order valence-corrected chi connectivity index (χ3v) is 3.55. The minimum atomic E-state index is 0.142. The van der Waals surface area contributed by atoms with Gasteiger partial charge in [-0.15, -0.1) is 0 Å². The maximum atomic E-state index is 11.7. The van der Waals surface area contributed by atoms with Crippen molar-refractivity contribution in [2.24, 2.45) is 5.92 Å². The Balaban J connectivity index is 1.95. The Morgan fingerprint density at radius 2 is 2.18 bits per heavy atom. The van der Waals surface area contributed by atoms with Crippen LogP contribution in [-0.2, 0) is 4.79 Å². The van der Waals surface area contributed by atoms with E-state index in [1.807, 2.05) is 12.1 Å². The molecule has 0 radical (unpaired) electrons. The van der Waals surface area contributed by atoms with Crippen molar-refractivity contribution in [1.82, 2.24) is 0 Å². The van der Waals surface area contributed by atoms with E-state index in [-0.39, 0.29) is 18.3 Å². The number of hydrogen-bond donors (Lipinski definition) is 0. The van der Waals surface area contributed by atoms with E-state index < -0.39 is 0 Å². The molecular formula is C13H15BrO3. The van der Waals surface area contributed by atoms with Gasteiger partial charge < -0.3 is 9.47 Å². The maximum absolute atomic E-state index is 11.7. The van der Waals surface area contributed by atoms with Crippen molar-refractivity contribution in [2.45, 2.75) is 19.3 Å². The van der Waals surface area contributed by atoms with Crippen LogP contribution in [0.4, 0.5) is 0 Å². The topological polar surface area (TPSA) is 35.5 Å². The van der Waals surface area contributed by atoms with Gasteiger partial charge in [-0.05, 0) is 31.0 Å². The molecule has 0 atom stereocenters. The van der Waals surface area contributed by atoms with Crippen molar-refractivity contribution in [3.05, 3.63) is 22.7 Å². The molecule has 0 amide bonds. The van der Waals surface area contributed by atoms with Crippen molar-refractivity contribution in [2.75, 3.05) is 13.7 Å². The second kappa shape index (κ2) is 5.54. The van der Waals surface area contributed by atoms with E-state index in [2.05, 4.69) is 15.9 Å². The van der Waals surface area contributed by atoms with Gasteiger partial charge in [0, 0.05) is 10.4 Å². The fourth-order valence-corrected chi connectivity index (χ4v) is 2.10. The molecule has 1 fully saturated rings. The molecule has 1 aromatic rings. The Labute approximate surface area is 109 Å². The standard InChI is InChI=1S/C13H15BrO3/c1-16-13-7-10(14)5-6-12(13)17-8-11(15)9-3-2-4-9/h5-7,9H,2-4,8H2,1H3. The van der Waals surface area contributed by atoms with E-state index in [4.69, 9.17) is 9.47 Å². The van der Waals surface area contributed by atoms with E-state index in [0.717, 1.165) is 23.7 Å². The number of ether oxygens (including phenoxy) is 2. The number of Topliss-reactive ketones (excluding diaryl/α,β-unsaturated/α-hetero) is 1. The third kappa shape index (κ3) is 3.00. The second-order valence-electron chi connectivity index (χ2n) is 4.18. The van der Waals surface area contributed by atoms with Gasteiger partial charge in [0.05, 0.1) is 7.11 Å². The van der Waals surface area contributed by atoms with Gasteiger partial charge in [-0.25, -0.2) is 0 Å². The van der Waals surface area contributed by atoms with Gasteiger partial charge in [0.2, 0.25) is 0 Å². The number of methoxy groups -OCH3 is 1. The molecule has 0 unspecified atom stereocenters. The molecule has 0 aliphatic heterocycles. The molecule has 3 nitrogen and oxygen atoms in total. The van der Waals surface area contributed by atoms with Crippen LogP contribution >= 0.6 is 15.9 Å². The Bertz CT molecular complexity index is 413. The van der Waals surface area contributed by atoms with Crippen LogP contribution in [0.15, 0.2) is 22.7 Å². The first-order valence-electron chi connectivity index (χ1n) is 5.70. The summed E-state index contributed by atoms with van der Waals surface area (Å²) in [5, 5.41) is 0. The van der Waals surface area contributed by atoms with E-state index in [1.54, 1.807) is 13.2 Å². The lowest BCUT2D eigenvalue weighted by atomic mass is 9.82. The number of halogens is 1. The SMILES string of the molecule is COc1cc(Br)ccc1OCC(=O)C1CCC1. The summed E-state index contributed by atoms with van der Waals surface area (Å²) in [7, 11) is 1.59. The molecular weight excluding hydrogens is 284 g/mol. The molecule has 92 valence electrons. The monoisotopic (exact) mass is 298 g/mol. The fraction of sp³-hybridized carbons (Fsp3) is 0.462. The summed E-state index contributed by atoms with van der Waals surface area (Å²) in [6.07, 6.45) is 3.19. The first kappa shape index (κ1) is 12.4. The molecule has 1 aromatic carbocycles. The van der Waals surface area contributed by atoms with Crippen LogP contribution in [0.25, 0.3) is 0 Å². The summed E-state index contributed by atoms with van der Waals surface area (Å²) in [5.74, 6) is 1.67. The van der Waals surface area contributed by atoms with Gasteiger partial charge in [0.25, 0.3) is 0 Å². The largest absolute Gasteiger partial charge is 0.493 e. The molecule has 1 aliphatic carbocycles. The number of rotatable bonds is 5. The molecule has 0 saturated heterocycles. The number of carbonyl (C=O) groups is 1. The highest BCUT2D eigenvalue weighted by molar-refractivity contribution is 9.10. The third-order valence-electron chi connectivity index (χ3n) is 3.06. The Morgan fingerprint density at radius 1 is 1.41 bits per heavy atom. The lowest BCUT2D eigenvalue weighted by molar-refractivity contribution is -0.127. The summed E-state index contributed by atoms with van der Waals surface area (Å²) in [5.41, 5.74) is 0. The van der Waals surface area contributed by atoms with Gasteiger partial charge in [-0.2, -0.15) is 0 Å². The average Bonchev–Trinajstić information content (AvgIpc) is 2.24. The molecule has 0 aromatic heterocycles. The predicted molar refractivity (Wildman–Crippen MR) is 68.5 cm³/mol. The molecule has 0 bridgehead atoms. The summed E-state index contributed by atoms with van der Waals surface area (Å²) in [6, 6.07) is 5.49. The minimum Gasteiger partial charge on any atom is -0.493 e. The summed E-state index contributed by atoms with van der Waals surface area (Å²) < 4.78 is 11.6. The van der Waals surface area contributed by atoms with E-state index in [9.17, 15) is 4.79 Å². The molecule has 0 heterocycles. The van der Waals surface area contributed by atoms with Crippen LogP contribution in [-0.4, -0.2) is 19.5 Å². The second-order valence-corrected chi connectivity index (χ2v) is 5.09. The Morgan fingerprint density at radius 3 is 2.76 bits per heavy atom. The van der Waals surface area contributed by atoms with Crippen LogP contribution in [0.5, 0.6) is 11.5 Å². The highest BCUT2D eigenvalue weighted by Crippen LogP contribution is 2.31. The van der Waals surface area contributed by atoms with Gasteiger partial charge >= 0.3 is 0 Å². The zero-order chi connectivity index (χ0) is 12.3. The first-order valence-corrected chi connectivity index (χ1v) is 6.49. The molecule has 0 N–H and O–H groups in total. The lowest BCUT2D eigenvalue weighted by Crippen LogP contribution is -2.26. The number of carbonyl (C=O) groups excluding carboxylic acids is 1. The van der Waals surface area contributed by atoms with Gasteiger partial charge in [0.15, 0.2) is 17.3 Å². The molecule has 17 heavy (non-hydrogen) atoms. The number of hydrogen-bond acceptors (Lipinski definition) is 3. The quantitative estimate of drug-likeness (QED) is 0.837. The highest BCUT2D eigenvalue weighted by atomic mass is 79.9. The van der Waals surface area contributed by atoms with Crippen LogP contribution in [0.3, 0.4) is 0 Å². The maximum Gasteiger partial charge on any atom is 0.173 e. The normalized spacial score (nSPS) is 15.2. The number of benzene rings is 1. The van der Waals surface area contributed by atoms with Crippen molar-refractivity contribution in [1.29, 1.82) is 0 Å². The highest BCUT2D eigenvalue weighted by Gasteiger charge is 2.25. The van der Waals surface area contributed by atoms with Crippen molar-refractivity contribution < 1.29 is 14.3 Å². The molecule has 4 heteroatoms. The van der Waals surface area contributed by atoms with Crippen molar-refractivity contribution >= 4 is 21.7 Å². The first-order chi connectivity index (χ1) is 8.20. The predicted octanol–water partition coefficient (Wildman–Crippen LogP) is 3.21. The van der Waals surface area contributed by atoms with Gasteiger partial charge in [-0.3, -0.25) is 4.79 Å². The molecule has 0 spiro atoms. The Hall–Kier alpha value is -1.03. The summed E-state index contributed by atoms with van der Waals surface area (Å²) in [6.45, 7) is 0.142. The lowest BCUT2D eigenvalue weighted by Gasteiger charge is -2.23. The Kier molecular flexibility index (Phi) is 4.05. The number of ketones is 1. The molecule has 1 aliphatic rings.